The van der Waals surface area contributed by atoms with Gasteiger partial charge in [0.15, 0.2) is 11.5 Å². The third-order valence-corrected chi connectivity index (χ3v) is 7.14. The van der Waals surface area contributed by atoms with E-state index in [1.54, 1.807) is 36.4 Å². The summed E-state index contributed by atoms with van der Waals surface area (Å²) in [5.74, 6) is 0.329. The number of halogens is 1. The Morgan fingerprint density at radius 1 is 0.848 bits per heavy atom. The molecule has 0 saturated heterocycles. The summed E-state index contributed by atoms with van der Waals surface area (Å²) < 4.78 is 44.3. The summed E-state index contributed by atoms with van der Waals surface area (Å²) in [4.78, 5) is 13.7. The third kappa shape index (κ3) is 3.92. The lowest BCUT2D eigenvalue weighted by Crippen LogP contribution is -2.19. The molecule has 0 saturated carbocycles. The van der Waals surface area contributed by atoms with Crippen LogP contribution in [-0.4, -0.2) is 39.5 Å². The van der Waals surface area contributed by atoms with Crippen LogP contribution < -0.4 is 14.2 Å². The van der Waals surface area contributed by atoms with E-state index in [1.165, 1.54) is 51.7 Å². The number of ketones is 1. The summed E-state index contributed by atoms with van der Waals surface area (Å²) in [6.07, 6.45) is 0. The van der Waals surface area contributed by atoms with Gasteiger partial charge < -0.3 is 14.2 Å². The third-order valence-electron chi connectivity index (χ3n) is 5.16. The molecule has 1 heterocycles. The largest absolute Gasteiger partial charge is 0.493 e. The number of fused-ring (bicyclic) bond motifs is 1. The Bertz CT molecular complexity index is 1440. The normalized spacial score (nSPS) is 11.4. The maximum atomic E-state index is 13.7. The molecule has 0 spiro atoms. The van der Waals surface area contributed by atoms with Gasteiger partial charge in [-0.15, -0.1) is 0 Å². The lowest BCUT2D eigenvalue weighted by atomic mass is 10.1. The number of carbonyl (C=O) groups excluding carboxylic acids is 1. The van der Waals surface area contributed by atoms with E-state index in [0.29, 0.717) is 21.7 Å². The van der Waals surface area contributed by atoms with Crippen LogP contribution in [0.5, 0.6) is 17.2 Å². The van der Waals surface area contributed by atoms with Gasteiger partial charge in [-0.1, -0.05) is 29.8 Å². The van der Waals surface area contributed by atoms with Crippen LogP contribution in [0.25, 0.3) is 10.9 Å². The summed E-state index contributed by atoms with van der Waals surface area (Å²) in [6, 6.07) is 17.1. The maximum absolute atomic E-state index is 13.7. The monoisotopic (exact) mass is 485 g/mol. The Hall–Kier alpha value is -3.49. The van der Waals surface area contributed by atoms with E-state index < -0.39 is 15.8 Å². The Kier molecular flexibility index (Phi) is 6.05. The highest BCUT2D eigenvalue weighted by molar-refractivity contribution is 7.90. The second kappa shape index (κ2) is 8.80. The van der Waals surface area contributed by atoms with Crippen molar-refractivity contribution in [2.75, 3.05) is 21.3 Å². The molecule has 1 aromatic heterocycles. The van der Waals surface area contributed by atoms with E-state index in [1.807, 2.05) is 0 Å². The van der Waals surface area contributed by atoms with Crippen molar-refractivity contribution >= 4 is 38.3 Å². The zero-order valence-electron chi connectivity index (χ0n) is 18.0. The fraction of sp³-hybridized carbons (Fsp3) is 0.125. The molecule has 0 N–H and O–H groups in total. The number of nitrogens with zero attached hydrogens (tertiary/aromatic N) is 1. The molecule has 9 heteroatoms. The number of carbonyl (C=O) groups is 1. The molecule has 4 rings (SSSR count). The summed E-state index contributed by atoms with van der Waals surface area (Å²) in [5.41, 5.74) is 0.451. The second-order valence-corrected chi connectivity index (χ2v) is 9.28. The molecule has 0 atom stereocenters. The smallest absolute Gasteiger partial charge is 0.268 e. The molecule has 33 heavy (non-hydrogen) atoms. The molecule has 0 amide bonds. The summed E-state index contributed by atoms with van der Waals surface area (Å²) in [5, 5.41) is 0.932. The highest BCUT2D eigenvalue weighted by atomic mass is 35.5. The molecule has 0 bridgehead atoms. The first-order chi connectivity index (χ1) is 15.8. The van der Waals surface area contributed by atoms with Crippen LogP contribution in [0.15, 0.2) is 71.6 Å². The fourth-order valence-corrected chi connectivity index (χ4v) is 5.35. The van der Waals surface area contributed by atoms with Crippen molar-refractivity contribution in [3.05, 3.63) is 83.0 Å². The molecule has 170 valence electrons. The summed E-state index contributed by atoms with van der Waals surface area (Å²) >= 11 is 6.13. The van der Waals surface area contributed by atoms with Gasteiger partial charge in [-0.25, -0.2) is 12.4 Å². The van der Waals surface area contributed by atoms with E-state index in [2.05, 4.69) is 0 Å². The minimum Gasteiger partial charge on any atom is -0.493 e. The van der Waals surface area contributed by atoms with E-state index in [0.717, 1.165) is 3.97 Å². The molecular formula is C24H20ClNO6S. The van der Waals surface area contributed by atoms with Crippen molar-refractivity contribution in [1.82, 2.24) is 3.97 Å². The first-order valence-electron chi connectivity index (χ1n) is 9.78. The standard InChI is InChI=1S/C24H20ClNO6S/c1-30-21-13-16(14-22(31-2)24(21)32-3)23(27)20-12-15-11-17(25)9-10-19(15)26(20)33(28,29)18-7-5-4-6-8-18/h4-14H,1-3H3. The predicted molar refractivity (Wildman–Crippen MR) is 126 cm³/mol. The van der Waals surface area contributed by atoms with Gasteiger partial charge in [0, 0.05) is 16.0 Å². The predicted octanol–water partition coefficient (Wildman–Crippen LogP) is 4.79. The highest BCUT2D eigenvalue weighted by Crippen LogP contribution is 2.39. The van der Waals surface area contributed by atoms with Crippen molar-refractivity contribution in [1.29, 1.82) is 0 Å². The van der Waals surface area contributed by atoms with Crippen molar-refractivity contribution in [3.8, 4) is 17.2 Å². The van der Waals surface area contributed by atoms with Crippen LogP contribution in [0.2, 0.25) is 5.02 Å². The Labute approximate surface area is 196 Å². The molecular weight excluding hydrogens is 466 g/mol. The number of hydrogen-bond donors (Lipinski definition) is 0. The van der Waals surface area contributed by atoms with Crippen LogP contribution in [0, 0.1) is 0 Å². The SMILES string of the molecule is COc1cc(C(=O)c2cc3cc(Cl)ccc3n2S(=O)(=O)c2ccccc2)cc(OC)c1OC. The molecule has 0 aliphatic carbocycles. The number of aromatic nitrogens is 1. The Morgan fingerprint density at radius 2 is 1.48 bits per heavy atom. The van der Waals surface area contributed by atoms with Crippen LogP contribution >= 0.6 is 11.6 Å². The van der Waals surface area contributed by atoms with Gasteiger partial charge >= 0.3 is 0 Å². The highest BCUT2D eigenvalue weighted by Gasteiger charge is 2.28. The van der Waals surface area contributed by atoms with E-state index in [4.69, 9.17) is 25.8 Å². The Morgan fingerprint density at radius 3 is 2.06 bits per heavy atom. The second-order valence-electron chi connectivity index (χ2n) is 7.06. The number of methoxy groups -OCH3 is 3. The zero-order valence-corrected chi connectivity index (χ0v) is 19.6. The van der Waals surface area contributed by atoms with Crippen LogP contribution in [0.1, 0.15) is 16.1 Å². The van der Waals surface area contributed by atoms with E-state index in [9.17, 15) is 13.2 Å². The van der Waals surface area contributed by atoms with Crippen LogP contribution in [-0.2, 0) is 10.0 Å². The molecule has 7 nitrogen and oxygen atoms in total. The lowest BCUT2D eigenvalue weighted by Gasteiger charge is -2.15. The lowest BCUT2D eigenvalue weighted by molar-refractivity contribution is 0.103. The zero-order chi connectivity index (χ0) is 23.8. The number of ether oxygens (including phenoxy) is 3. The van der Waals surface area contributed by atoms with Crippen molar-refractivity contribution < 1.29 is 27.4 Å². The molecule has 0 fully saturated rings. The molecule has 0 aliphatic heterocycles. The molecule has 0 unspecified atom stereocenters. The molecule has 0 aliphatic rings. The van der Waals surface area contributed by atoms with Crippen LogP contribution in [0.4, 0.5) is 0 Å². The van der Waals surface area contributed by atoms with Gasteiger partial charge in [0.05, 0.1) is 31.7 Å². The maximum Gasteiger partial charge on any atom is 0.268 e. The fourth-order valence-electron chi connectivity index (χ4n) is 3.64. The average Bonchev–Trinajstić information content (AvgIpc) is 3.22. The van der Waals surface area contributed by atoms with E-state index >= 15 is 0 Å². The van der Waals surface area contributed by atoms with Crippen molar-refractivity contribution in [3.63, 3.8) is 0 Å². The van der Waals surface area contributed by atoms with Gasteiger partial charge in [-0.05, 0) is 48.5 Å². The minimum absolute atomic E-state index is 0.0506. The van der Waals surface area contributed by atoms with Crippen molar-refractivity contribution in [2.45, 2.75) is 4.90 Å². The number of benzene rings is 3. The summed E-state index contributed by atoms with van der Waals surface area (Å²) in [6.45, 7) is 0. The molecule has 3 aromatic carbocycles. The van der Waals surface area contributed by atoms with Gasteiger partial charge in [-0.3, -0.25) is 4.79 Å². The van der Waals surface area contributed by atoms with Gasteiger partial charge in [0.25, 0.3) is 10.0 Å². The van der Waals surface area contributed by atoms with E-state index in [-0.39, 0.29) is 27.7 Å². The van der Waals surface area contributed by atoms with Gasteiger partial charge in [0.2, 0.25) is 11.5 Å². The first kappa shape index (κ1) is 22.7. The molecule has 0 radical (unpaired) electrons. The summed E-state index contributed by atoms with van der Waals surface area (Å²) in [7, 11) is 0.227. The van der Waals surface area contributed by atoms with Gasteiger partial charge in [0.1, 0.15) is 5.69 Å². The number of rotatable bonds is 7. The van der Waals surface area contributed by atoms with Gasteiger partial charge in [-0.2, -0.15) is 0 Å². The average molecular weight is 486 g/mol. The first-order valence-corrected chi connectivity index (χ1v) is 11.6. The molecule has 4 aromatic rings. The quantitative estimate of drug-likeness (QED) is 0.350. The minimum atomic E-state index is -4.10. The number of hydrogen-bond acceptors (Lipinski definition) is 6. The van der Waals surface area contributed by atoms with Crippen LogP contribution in [0.3, 0.4) is 0 Å². The topological polar surface area (TPSA) is 83.8 Å². The van der Waals surface area contributed by atoms with Crippen molar-refractivity contribution in [2.24, 2.45) is 0 Å². The Balaban J connectivity index is 1.99.